The van der Waals surface area contributed by atoms with Crippen LogP contribution >= 0.6 is 11.6 Å². The molecule has 4 rings (SSSR count). The number of hydrogen-bond donors (Lipinski definition) is 0. The van der Waals surface area contributed by atoms with Gasteiger partial charge in [0, 0.05) is 11.4 Å². The van der Waals surface area contributed by atoms with Gasteiger partial charge in [-0.3, -0.25) is 0 Å². The van der Waals surface area contributed by atoms with Crippen LogP contribution in [0.1, 0.15) is 29.2 Å². The number of hydrogen-bond acceptors (Lipinski definition) is 3. The zero-order valence-corrected chi connectivity index (χ0v) is 16.9. The van der Waals surface area contributed by atoms with Crippen molar-refractivity contribution >= 4 is 27.3 Å². The van der Waals surface area contributed by atoms with Gasteiger partial charge in [0.1, 0.15) is 0 Å². The Hall–Kier alpha value is -2.63. The molecule has 3 aromatic rings. The van der Waals surface area contributed by atoms with Crippen molar-refractivity contribution in [2.24, 2.45) is 5.10 Å². The Morgan fingerprint density at radius 3 is 2.21 bits per heavy atom. The molecule has 0 amide bonds. The van der Waals surface area contributed by atoms with E-state index in [4.69, 9.17) is 11.6 Å². The summed E-state index contributed by atoms with van der Waals surface area (Å²) in [7, 11) is -3.78. The van der Waals surface area contributed by atoms with Crippen molar-refractivity contribution in [1.82, 2.24) is 4.41 Å². The molecule has 1 aliphatic rings. The van der Waals surface area contributed by atoms with Crippen LogP contribution in [0.25, 0.3) is 0 Å². The number of nitrogens with zero attached hydrogens (tertiary/aromatic N) is 2. The first-order valence-electron chi connectivity index (χ1n) is 8.94. The van der Waals surface area contributed by atoms with Gasteiger partial charge in [-0.1, -0.05) is 71.8 Å². The summed E-state index contributed by atoms with van der Waals surface area (Å²) in [6.07, 6.45) is 0.497. The van der Waals surface area contributed by atoms with E-state index < -0.39 is 16.1 Å². The van der Waals surface area contributed by atoms with Crippen molar-refractivity contribution in [3.05, 3.63) is 101 Å². The third-order valence-electron chi connectivity index (χ3n) is 4.80. The van der Waals surface area contributed by atoms with Crippen molar-refractivity contribution in [3.63, 3.8) is 0 Å². The summed E-state index contributed by atoms with van der Waals surface area (Å²) in [5.74, 6) is 0. The summed E-state index contributed by atoms with van der Waals surface area (Å²) in [6.45, 7) is 1.93. The highest BCUT2D eigenvalue weighted by molar-refractivity contribution is 7.89. The number of halogens is 1. The zero-order valence-electron chi connectivity index (χ0n) is 15.3. The summed E-state index contributed by atoms with van der Waals surface area (Å²) in [6, 6.07) is 23.4. The molecule has 6 heteroatoms. The van der Waals surface area contributed by atoms with Crippen LogP contribution in [0.3, 0.4) is 0 Å². The molecule has 0 fully saturated rings. The highest BCUT2D eigenvalue weighted by Gasteiger charge is 2.37. The zero-order chi connectivity index (χ0) is 19.7. The van der Waals surface area contributed by atoms with E-state index in [9.17, 15) is 8.42 Å². The number of rotatable bonds is 4. The fourth-order valence-corrected chi connectivity index (χ4v) is 4.83. The fourth-order valence-electron chi connectivity index (χ4n) is 3.27. The summed E-state index contributed by atoms with van der Waals surface area (Å²) in [5, 5.41) is 5.17. The molecule has 1 atom stereocenters. The maximum Gasteiger partial charge on any atom is 0.279 e. The lowest BCUT2D eigenvalue weighted by atomic mass is 9.99. The maximum absolute atomic E-state index is 13.4. The number of aryl methyl sites for hydroxylation is 1. The number of sulfonamides is 1. The van der Waals surface area contributed by atoms with Crippen LogP contribution in [0.15, 0.2) is 88.9 Å². The second kappa shape index (κ2) is 7.41. The first-order valence-corrected chi connectivity index (χ1v) is 10.8. The third-order valence-corrected chi connectivity index (χ3v) is 6.75. The Bertz CT molecular complexity index is 1110. The monoisotopic (exact) mass is 410 g/mol. The van der Waals surface area contributed by atoms with Crippen molar-refractivity contribution in [2.45, 2.75) is 24.3 Å². The van der Waals surface area contributed by atoms with Crippen LogP contribution in [0.4, 0.5) is 0 Å². The fraction of sp³-hybridized carbons (Fsp3) is 0.136. The Balaban J connectivity index is 1.79. The first kappa shape index (κ1) is 18.7. The molecular formula is C22H19ClN2O2S. The largest absolute Gasteiger partial charge is 0.279 e. The van der Waals surface area contributed by atoms with Crippen LogP contribution in [0, 0.1) is 6.92 Å². The Labute approximate surface area is 170 Å². The number of benzene rings is 3. The van der Waals surface area contributed by atoms with E-state index >= 15 is 0 Å². The summed E-state index contributed by atoms with van der Waals surface area (Å²) in [4.78, 5) is 0.236. The lowest BCUT2D eigenvalue weighted by Crippen LogP contribution is -2.27. The Morgan fingerprint density at radius 1 is 0.929 bits per heavy atom. The van der Waals surface area contributed by atoms with Crippen LogP contribution in [0.2, 0.25) is 5.02 Å². The summed E-state index contributed by atoms with van der Waals surface area (Å²) >= 11 is 5.99. The van der Waals surface area contributed by atoms with E-state index in [-0.39, 0.29) is 4.90 Å². The minimum Gasteiger partial charge on any atom is -0.200 e. The van der Waals surface area contributed by atoms with Crippen molar-refractivity contribution in [3.8, 4) is 0 Å². The van der Waals surface area contributed by atoms with E-state index in [2.05, 4.69) is 5.10 Å². The quantitative estimate of drug-likeness (QED) is 0.594. The van der Waals surface area contributed by atoms with E-state index in [0.717, 1.165) is 22.4 Å². The molecule has 0 saturated carbocycles. The molecule has 1 heterocycles. The second-order valence-electron chi connectivity index (χ2n) is 6.77. The van der Waals surface area contributed by atoms with Crippen LogP contribution in [-0.2, 0) is 10.0 Å². The molecule has 142 valence electrons. The van der Waals surface area contributed by atoms with E-state index in [1.54, 1.807) is 36.4 Å². The summed E-state index contributed by atoms with van der Waals surface area (Å²) in [5.41, 5.74) is 3.50. The molecule has 0 aliphatic carbocycles. The molecule has 0 bridgehead atoms. The van der Waals surface area contributed by atoms with Crippen molar-refractivity contribution in [2.75, 3.05) is 0 Å². The Morgan fingerprint density at radius 2 is 1.57 bits per heavy atom. The topological polar surface area (TPSA) is 49.7 Å². The molecule has 28 heavy (non-hydrogen) atoms. The van der Waals surface area contributed by atoms with Gasteiger partial charge >= 0.3 is 0 Å². The van der Waals surface area contributed by atoms with Crippen LogP contribution in [0.5, 0.6) is 0 Å². The molecule has 0 aromatic heterocycles. The van der Waals surface area contributed by atoms with E-state index in [1.807, 2.05) is 49.4 Å². The van der Waals surface area contributed by atoms with Gasteiger partial charge in [-0.15, -0.1) is 0 Å². The van der Waals surface area contributed by atoms with Crippen molar-refractivity contribution < 1.29 is 8.42 Å². The average Bonchev–Trinajstić information content (AvgIpc) is 3.16. The third kappa shape index (κ3) is 3.55. The lowest BCUT2D eigenvalue weighted by Gasteiger charge is -2.23. The van der Waals surface area contributed by atoms with Gasteiger partial charge in [0.15, 0.2) is 0 Å². The van der Waals surface area contributed by atoms with Gasteiger partial charge in [0.05, 0.1) is 16.6 Å². The molecule has 0 spiro atoms. The SMILES string of the molecule is Cc1ccc(S(=O)(=O)N2N=C(c3ccc(Cl)cc3)CC2c2ccccc2)cc1. The predicted octanol–water partition coefficient (Wildman–Crippen LogP) is 5.19. The van der Waals surface area contributed by atoms with Gasteiger partial charge in [0.2, 0.25) is 0 Å². The summed E-state index contributed by atoms with van der Waals surface area (Å²) < 4.78 is 28.0. The van der Waals surface area contributed by atoms with Gasteiger partial charge in [0.25, 0.3) is 10.0 Å². The van der Waals surface area contributed by atoms with Crippen LogP contribution < -0.4 is 0 Å². The smallest absolute Gasteiger partial charge is 0.200 e. The average molecular weight is 411 g/mol. The molecule has 0 N–H and O–H groups in total. The molecule has 1 aliphatic heterocycles. The lowest BCUT2D eigenvalue weighted by molar-refractivity contribution is 0.371. The van der Waals surface area contributed by atoms with Crippen LogP contribution in [-0.4, -0.2) is 18.5 Å². The molecule has 4 nitrogen and oxygen atoms in total. The van der Waals surface area contributed by atoms with Crippen molar-refractivity contribution in [1.29, 1.82) is 0 Å². The molecular weight excluding hydrogens is 392 g/mol. The highest BCUT2D eigenvalue weighted by atomic mass is 35.5. The first-order chi connectivity index (χ1) is 13.4. The molecule has 3 aromatic carbocycles. The molecule has 1 unspecified atom stereocenters. The molecule has 0 radical (unpaired) electrons. The van der Waals surface area contributed by atoms with Gasteiger partial charge in [-0.25, -0.2) is 0 Å². The van der Waals surface area contributed by atoms with E-state index in [0.29, 0.717) is 11.4 Å². The second-order valence-corrected chi connectivity index (χ2v) is 9.01. The predicted molar refractivity (Wildman–Crippen MR) is 112 cm³/mol. The maximum atomic E-state index is 13.4. The molecule has 0 saturated heterocycles. The minimum atomic E-state index is -3.78. The Kier molecular flexibility index (Phi) is 4.96. The standard InChI is InChI=1S/C22H19ClN2O2S/c1-16-7-13-20(14-8-16)28(26,27)25-22(18-5-3-2-4-6-18)15-21(24-25)17-9-11-19(23)12-10-17/h2-14,22H,15H2,1H3. The van der Waals surface area contributed by atoms with Gasteiger partial charge in [-0.05, 0) is 42.3 Å². The van der Waals surface area contributed by atoms with E-state index in [1.165, 1.54) is 4.41 Å². The normalized spacial score (nSPS) is 16.9. The minimum absolute atomic E-state index is 0.236. The van der Waals surface area contributed by atoms with Gasteiger partial charge < -0.3 is 0 Å². The highest BCUT2D eigenvalue weighted by Crippen LogP contribution is 2.37. The van der Waals surface area contributed by atoms with Gasteiger partial charge in [-0.2, -0.15) is 17.9 Å². The number of hydrazone groups is 1.